The van der Waals surface area contributed by atoms with Crippen molar-refractivity contribution in [2.24, 2.45) is 0 Å². The van der Waals surface area contributed by atoms with Crippen molar-refractivity contribution in [3.8, 4) is 5.75 Å². The van der Waals surface area contributed by atoms with Crippen molar-refractivity contribution in [3.63, 3.8) is 0 Å². The van der Waals surface area contributed by atoms with Gasteiger partial charge in [-0.2, -0.15) is 5.10 Å². The predicted molar refractivity (Wildman–Crippen MR) is 130 cm³/mol. The number of rotatable bonds is 11. The molecule has 0 bridgehead atoms. The van der Waals surface area contributed by atoms with Crippen molar-refractivity contribution in [2.75, 3.05) is 14.0 Å². The Hall–Kier alpha value is -4.31. The second kappa shape index (κ2) is 11.9. The molecule has 9 nitrogen and oxygen atoms in total. The maximum absolute atomic E-state index is 13.0. The van der Waals surface area contributed by atoms with Gasteiger partial charge >= 0.3 is 0 Å². The van der Waals surface area contributed by atoms with Crippen molar-refractivity contribution < 1.29 is 18.7 Å². The van der Waals surface area contributed by atoms with Gasteiger partial charge in [0.1, 0.15) is 11.4 Å². The van der Waals surface area contributed by atoms with Crippen LogP contribution < -0.4 is 15.6 Å². The van der Waals surface area contributed by atoms with E-state index in [0.29, 0.717) is 35.5 Å². The molecule has 2 heterocycles. The Morgan fingerprint density at radius 3 is 2.56 bits per heavy atom. The van der Waals surface area contributed by atoms with E-state index in [9.17, 15) is 14.0 Å². The fourth-order valence-electron chi connectivity index (χ4n) is 3.83. The number of para-hydroxylation sites is 1. The van der Waals surface area contributed by atoms with Gasteiger partial charge in [0.05, 0.1) is 12.3 Å². The van der Waals surface area contributed by atoms with Gasteiger partial charge in [0.15, 0.2) is 5.69 Å². The molecule has 0 aliphatic carbocycles. The summed E-state index contributed by atoms with van der Waals surface area (Å²) < 4.78 is 22.9. The lowest BCUT2D eigenvalue weighted by atomic mass is 10.00. The average molecular weight is 492 g/mol. The summed E-state index contributed by atoms with van der Waals surface area (Å²) in [7, 11) is 1.57. The van der Waals surface area contributed by atoms with E-state index in [2.05, 4.69) is 25.5 Å². The van der Waals surface area contributed by atoms with Crippen LogP contribution in [0.3, 0.4) is 0 Å². The van der Waals surface area contributed by atoms with Crippen LogP contribution in [-0.4, -0.2) is 40.0 Å². The molecule has 4 rings (SSSR count). The van der Waals surface area contributed by atoms with E-state index < -0.39 is 6.86 Å². The summed E-state index contributed by atoms with van der Waals surface area (Å²) in [5.74, 6) is 0.0000540. The molecular weight excluding hydrogens is 465 g/mol. The summed E-state index contributed by atoms with van der Waals surface area (Å²) in [6.07, 6.45) is 3.92. The van der Waals surface area contributed by atoms with E-state index in [1.54, 1.807) is 37.6 Å². The van der Waals surface area contributed by atoms with E-state index in [1.165, 1.54) is 6.20 Å². The van der Waals surface area contributed by atoms with Gasteiger partial charge in [0, 0.05) is 50.0 Å². The summed E-state index contributed by atoms with van der Waals surface area (Å²) >= 11 is 0. The third-order valence-electron chi connectivity index (χ3n) is 5.64. The molecule has 2 aromatic heterocycles. The Balaban J connectivity index is 1.49. The summed E-state index contributed by atoms with van der Waals surface area (Å²) in [6.45, 7) is -0.530. The topological polar surface area (TPSA) is 122 Å². The molecular formula is C26H26FN5O4. The quantitative estimate of drug-likeness (QED) is 0.296. The van der Waals surface area contributed by atoms with Crippen LogP contribution in [-0.2, 0) is 30.7 Å². The Morgan fingerprint density at radius 1 is 1.08 bits per heavy atom. The standard InChI is InChI=1S/C26H26FN5O4/c1-35-15-22-20(12-17-6-8-18(9-7-17)13-21-25(33)29-11-10-28-21)24(32-31-22)26(34)30-14-19-4-2-3-5-23(19)36-16-27/h2-11H,12-16H2,1H3,(H,29,33)(H,30,34)(H,31,32). The highest BCUT2D eigenvalue weighted by Gasteiger charge is 2.20. The molecule has 0 radical (unpaired) electrons. The maximum atomic E-state index is 13.0. The molecule has 10 heteroatoms. The molecule has 0 atom stereocenters. The zero-order valence-corrected chi connectivity index (χ0v) is 19.7. The summed E-state index contributed by atoms with van der Waals surface area (Å²) in [5.41, 5.74) is 4.47. The van der Waals surface area contributed by atoms with Crippen LogP contribution in [0, 0.1) is 0 Å². The molecule has 0 aliphatic heterocycles. The van der Waals surface area contributed by atoms with Gasteiger partial charge < -0.3 is 19.8 Å². The number of hydrogen-bond acceptors (Lipinski definition) is 6. The first-order valence-corrected chi connectivity index (χ1v) is 11.3. The van der Waals surface area contributed by atoms with Crippen molar-refractivity contribution in [3.05, 3.63) is 111 Å². The third-order valence-corrected chi connectivity index (χ3v) is 5.64. The van der Waals surface area contributed by atoms with Crippen LogP contribution in [0.4, 0.5) is 4.39 Å². The molecule has 0 saturated carbocycles. The molecule has 186 valence electrons. The number of H-pyrrole nitrogens is 2. The number of ether oxygens (including phenoxy) is 2. The highest BCUT2D eigenvalue weighted by molar-refractivity contribution is 5.94. The zero-order chi connectivity index (χ0) is 25.3. The van der Waals surface area contributed by atoms with Crippen LogP contribution in [0.1, 0.15) is 44.1 Å². The molecule has 1 amide bonds. The number of nitrogens with zero attached hydrogens (tertiary/aromatic N) is 2. The number of halogens is 1. The first kappa shape index (κ1) is 24.8. The largest absolute Gasteiger partial charge is 0.463 e. The summed E-state index contributed by atoms with van der Waals surface area (Å²) in [6, 6.07) is 14.7. The van der Waals surface area contributed by atoms with Crippen molar-refractivity contribution in [1.29, 1.82) is 0 Å². The fraction of sp³-hybridized carbons (Fsp3) is 0.231. The lowest BCUT2D eigenvalue weighted by Crippen LogP contribution is -2.24. The first-order valence-electron chi connectivity index (χ1n) is 11.3. The number of hydrogen-bond donors (Lipinski definition) is 3. The highest BCUT2D eigenvalue weighted by Crippen LogP contribution is 2.21. The predicted octanol–water partition coefficient (Wildman–Crippen LogP) is 3.06. The van der Waals surface area contributed by atoms with Gasteiger partial charge in [0.2, 0.25) is 6.86 Å². The minimum Gasteiger partial charge on any atom is -0.463 e. The van der Waals surface area contributed by atoms with E-state index in [-0.39, 0.29) is 30.3 Å². The third kappa shape index (κ3) is 6.02. The van der Waals surface area contributed by atoms with Crippen molar-refractivity contribution >= 4 is 5.91 Å². The van der Waals surface area contributed by atoms with Crippen LogP contribution in [0.5, 0.6) is 5.75 Å². The first-order chi connectivity index (χ1) is 17.6. The zero-order valence-electron chi connectivity index (χ0n) is 19.7. The number of carbonyl (C=O) groups is 1. The minimum atomic E-state index is -0.952. The summed E-state index contributed by atoms with van der Waals surface area (Å²) in [4.78, 5) is 31.7. The molecule has 0 unspecified atom stereocenters. The molecule has 2 aromatic carbocycles. The number of nitrogens with one attached hydrogen (secondary N) is 3. The Labute approximate surface area is 206 Å². The molecule has 3 N–H and O–H groups in total. The van der Waals surface area contributed by atoms with Gasteiger partial charge in [-0.15, -0.1) is 0 Å². The van der Waals surface area contributed by atoms with E-state index >= 15 is 0 Å². The Kier molecular flexibility index (Phi) is 8.20. The lowest BCUT2D eigenvalue weighted by Gasteiger charge is -2.11. The normalized spacial score (nSPS) is 10.8. The number of benzene rings is 2. The Morgan fingerprint density at radius 2 is 1.83 bits per heavy atom. The Bertz CT molecular complexity index is 1370. The smallest absolute Gasteiger partial charge is 0.272 e. The van der Waals surface area contributed by atoms with Gasteiger partial charge in [-0.05, 0) is 17.2 Å². The number of alkyl halides is 1. The van der Waals surface area contributed by atoms with Crippen molar-refractivity contribution in [1.82, 2.24) is 25.5 Å². The van der Waals surface area contributed by atoms with Crippen molar-refractivity contribution in [2.45, 2.75) is 26.0 Å². The molecule has 4 aromatic rings. The number of aromatic nitrogens is 4. The number of methoxy groups -OCH3 is 1. The van der Waals surface area contributed by atoms with E-state index in [4.69, 9.17) is 9.47 Å². The molecule has 0 aliphatic rings. The SMILES string of the molecule is COCc1[nH]nc(C(=O)NCc2ccccc2OCF)c1Cc1ccc(Cc2ncc[nH]c2=O)cc1. The van der Waals surface area contributed by atoms with Crippen LogP contribution in [0.25, 0.3) is 0 Å². The van der Waals surface area contributed by atoms with E-state index in [0.717, 1.165) is 16.7 Å². The second-order valence-electron chi connectivity index (χ2n) is 8.04. The van der Waals surface area contributed by atoms with Gasteiger partial charge in [-0.3, -0.25) is 19.7 Å². The number of aromatic amines is 2. The summed E-state index contributed by atoms with van der Waals surface area (Å²) in [5, 5.41) is 9.96. The number of carbonyl (C=O) groups excluding carboxylic acids is 1. The van der Waals surface area contributed by atoms with Crippen LogP contribution in [0.2, 0.25) is 0 Å². The van der Waals surface area contributed by atoms with Gasteiger partial charge in [-0.25, -0.2) is 4.39 Å². The van der Waals surface area contributed by atoms with Crippen LogP contribution in [0.15, 0.2) is 65.7 Å². The second-order valence-corrected chi connectivity index (χ2v) is 8.04. The molecule has 0 spiro atoms. The fourth-order valence-corrected chi connectivity index (χ4v) is 3.83. The minimum absolute atomic E-state index is 0.155. The number of amides is 1. The van der Waals surface area contributed by atoms with Gasteiger partial charge in [-0.1, -0.05) is 42.5 Å². The van der Waals surface area contributed by atoms with Gasteiger partial charge in [0.25, 0.3) is 11.5 Å². The lowest BCUT2D eigenvalue weighted by molar-refractivity contribution is 0.0944. The van der Waals surface area contributed by atoms with Crippen LogP contribution >= 0.6 is 0 Å². The molecule has 36 heavy (non-hydrogen) atoms. The average Bonchev–Trinajstić information content (AvgIpc) is 3.28. The highest BCUT2D eigenvalue weighted by atomic mass is 19.1. The molecule has 0 saturated heterocycles. The monoisotopic (exact) mass is 491 g/mol. The molecule has 0 fully saturated rings. The van der Waals surface area contributed by atoms with E-state index in [1.807, 2.05) is 24.3 Å². The maximum Gasteiger partial charge on any atom is 0.272 e.